The molecule has 6 heteroatoms. The second-order valence-corrected chi connectivity index (χ2v) is 3.70. The predicted molar refractivity (Wildman–Crippen MR) is 57.0 cm³/mol. The molecule has 0 saturated carbocycles. The fourth-order valence-corrected chi connectivity index (χ4v) is 1.82. The molecule has 0 atom stereocenters. The molecule has 0 unspecified atom stereocenters. The molecule has 1 N–H and O–H groups in total. The Morgan fingerprint density at radius 3 is 2.75 bits per heavy atom. The van der Waals surface area contributed by atoms with Crippen LogP contribution in [0.3, 0.4) is 0 Å². The molecule has 2 aromatic rings. The van der Waals surface area contributed by atoms with Crippen LogP contribution in [0.4, 0.5) is 5.95 Å². The van der Waals surface area contributed by atoms with E-state index in [9.17, 15) is 0 Å². The third-order valence-electron chi connectivity index (χ3n) is 2.65. The molecule has 1 aliphatic rings. The molecule has 82 valence electrons. The number of rotatable bonds is 1. The van der Waals surface area contributed by atoms with E-state index in [2.05, 4.69) is 19.5 Å². The van der Waals surface area contributed by atoms with Gasteiger partial charge in [0.1, 0.15) is 5.82 Å². The molecule has 3 rings (SSSR count). The first kappa shape index (κ1) is 9.14. The lowest BCUT2D eigenvalue weighted by Gasteiger charge is -2.27. The van der Waals surface area contributed by atoms with Crippen LogP contribution in [0.5, 0.6) is 5.75 Å². The molecule has 0 spiro atoms. The first-order valence-electron chi connectivity index (χ1n) is 5.09. The third kappa shape index (κ3) is 1.48. The maximum Gasteiger partial charge on any atom is 0.225 e. The van der Waals surface area contributed by atoms with E-state index in [1.807, 2.05) is 11.1 Å². The minimum atomic E-state index is 0.0854. The number of hydrogen-bond donors (Lipinski definition) is 1. The summed E-state index contributed by atoms with van der Waals surface area (Å²) in [4.78, 5) is 14.5. The van der Waals surface area contributed by atoms with E-state index in [0.29, 0.717) is 12.5 Å². The van der Waals surface area contributed by atoms with Crippen LogP contribution in [0.25, 0.3) is 0 Å². The molecule has 0 aliphatic carbocycles. The highest BCUT2D eigenvalue weighted by molar-refractivity contribution is 5.32. The molecule has 2 aromatic heterocycles. The van der Waals surface area contributed by atoms with E-state index in [0.717, 1.165) is 18.9 Å². The van der Waals surface area contributed by atoms with Gasteiger partial charge in [-0.25, -0.2) is 15.0 Å². The van der Waals surface area contributed by atoms with Crippen molar-refractivity contribution in [3.05, 3.63) is 30.6 Å². The molecule has 0 saturated heterocycles. The van der Waals surface area contributed by atoms with Gasteiger partial charge in [-0.2, -0.15) is 0 Å². The average Bonchev–Trinajstić information content (AvgIpc) is 2.77. The molecule has 0 aromatic carbocycles. The summed E-state index contributed by atoms with van der Waals surface area (Å²) in [5, 5.41) is 9.12. The summed E-state index contributed by atoms with van der Waals surface area (Å²) < 4.78 is 2.12. The van der Waals surface area contributed by atoms with Gasteiger partial charge in [0.2, 0.25) is 5.95 Å². The second kappa shape index (κ2) is 3.48. The van der Waals surface area contributed by atoms with Crippen molar-refractivity contribution >= 4 is 5.95 Å². The number of imidazole rings is 1. The molecule has 0 bridgehead atoms. The first-order chi connectivity index (χ1) is 7.83. The van der Waals surface area contributed by atoms with Gasteiger partial charge in [0, 0.05) is 25.5 Å². The minimum Gasteiger partial charge on any atom is -0.505 e. The van der Waals surface area contributed by atoms with Crippen molar-refractivity contribution in [1.82, 2.24) is 19.5 Å². The number of nitrogens with zero attached hydrogens (tertiary/aromatic N) is 5. The molecule has 0 fully saturated rings. The number of anilines is 1. The van der Waals surface area contributed by atoms with Crippen molar-refractivity contribution in [3.63, 3.8) is 0 Å². The van der Waals surface area contributed by atoms with Gasteiger partial charge in [-0.3, -0.25) is 0 Å². The highest BCUT2D eigenvalue weighted by atomic mass is 16.3. The van der Waals surface area contributed by atoms with Crippen LogP contribution in [-0.2, 0) is 13.1 Å². The number of hydrogen-bond acceptors (Lipinski definition) is 5. The van der Waals surface area contributed by atoms with Gasteiger partial charge in [-0.15, -0.1) is 0 Å². The normalized spacial score (nSPS) is 14.9. The predicted octanol–water partition coefficient (Wildman–Crippen LogP) is 0.399. The summed E-state index contributed by atoms with van der Waals surface area (Å²) in [7, 11) is 0. The molecular weight excluding hydrogens is 206 g/mol. The van der Waals surface area contributed by atoms with E-state index in [-0.39, 0.29) is 5.75 Å². The topological polar surface area (TPSA) is 67.1 Å². The lowest BCUT2D eigenvalue weighted by atomic mass is 10.4. The van der Waals surface area contributed by atoms with Crippen LogP contribution in [0.2, 0.25) is 0 Å². The lowest BCUT2D eigenvalue weighted by Crippen LogP contribution is -2.34. The zero-order valence-electron chi connectivity index (χ0n) is 8.61. The Morgan fingerprint density at radius 2 is 1.94 bits per heavy atom. The van der Waals surface area contributed by atoms with Crippen LogP contribution in [0.15, 0.2) is 24.8 Å². The Balaban J connectivity index is 1.86. The van der Waals surface area contributed by atoms with Crippen molar-refractivity contribution in [2.24, 2.45) is 0 Å². The number of aromatic hydroxyl groups is 1. The zero-order chi connectivity index (χ0) is 11.0. The Labute approximate surface area is 92.2 Å². The number of aromatic nitrogens is 4. The van der Waals surface area contributed by atoms with Crippen molar-refractivity contribution in [2.45, 2.75) is 13.1 Å². The molecule has 0 amide bonds. The lowest BCUT2D eigenvalue weighted by molar-refractivity contribution is 0.468. The molecule has 6 nitrogen and oxygen atoms in total. The van der Waals surface area contributed by atoms with E-state index in [4.69, 9.17) is 5.11 Å². The Kier molecular flexibility index (Phi) is 1.99. The first-order valence-corrected chi connectivity index (χ1v) is 5.09. The van der Waals surface area contributed by atoms with E-state index >= 15 is 0 Å². The van der Waals surface area contributed by atoms with Crippen LogP contribution in [0, 0.1) is 0 Å². The van der Waals surface area contributed by atoms with Gasteiger partial charge in [-0.05, 0) is 0 Å². The van der Waals surface area contributed by atoms with Crippen molar-refractivity contribution in [3.8, 4) is 5.75 Å². The van der Waals surface area contributed by atoms with Crippen LogP contribution < -0.4 is 4.90 Å². The summed E-state index contributed by atoms with van der Waals surface area (Å²) in [6, 6.07) is 0. The van der Waals surface area contributed by atoms with E-state index < -0.39 is 0 Å². The largest absolute Gasteiger partial charge is 0.505 e. The summed E-state index contributed by atoms with van der Waals surface area (Å²) in [6.07, 6.45) is 6.59. The van der Waals surface area contributed by atoms with Gasteiger partial charge >= 0.3 is 0 Å². The van der Waals surface area contributed by atoms with Gasteiger partial charge in [0.05, 0.1) is 18.9 Å². The fraction of sp³-hybridized carbons (Fsp3) is 0.300. The van der Waals surface area contributed by atoms with Gasteiger partial charge < -0.3 is 14.6 Å². The molecule has 0 radical (unpaired) electrons. The summed E-state index contributed by atoms with van der Waals surface area (Å²) >= 11 is 0. The molecule has 16 heavy (non-hydrogen) atoms. The maximum absolute atomic E-state index is 9.12. The molecule has 3 heterocycles. The molecule has 1 aliphatic heterocycles. The average molecular weight is 217 g/mol. The third-order valence-corrected chi connectivity index (χ3v) is 2.65. The van der Waals surface area contributed by atoms with Crippen molar-refractivity contribution in [2.75, 3.05) is 11.4 Å². The van der Waals surface area contributed by atoms with Crippen LogP contribution >= 0.6 is 0 Å². The zero-order valence-corrected chi connectivity index (χ0v) is 8.61. The Hall–Kier alpha value is -2.11. The maximum atomic E-state index is 9.12. The van der Waals surface area contributed by atoms with Crippen molar-refractivity contribution < 1.29 is 5.11 Å². The monoisotopic (exact) mass is 217 g/mol. The molecular formula is C10H11N5O. The van der Waals surface area contributed by atoms with Gasteiger partial charge in [-0.1, -0.05) is 0 Å². The fourth-order valence-electron chi connectivity index (χ4n) is 1.82. The van der Waals surface area contributed by atoms with E-state index in [1.54, 1.807) is 6.20 Å². The summed E-state index contributed by atoms with van der Waals surface area (Å²) in [6.45, 7) is 2.45. The highest BCUT2D eigenvalue weighted by Crippen LogP contribution is 2.16. The second-order valence-electron chi connectivity index (χ2n) is 3.70. The van der Waals surface area contributed by atoms with E-state index in [1.165, 1.54) is 12.4 Å². The van der Waals surface area contributed by atoms with Crippen LogP contribution in [-0.4, -0.2) is 31.2 Å². The quantitative estimate of drug-likeness (QED) is 0.748. The van der Waals surface area contributed by atoms with Gasteiger partial charge in [0.15, 0.2) is 5.75 Å². The standard InChI is InChI=1S/C10H11N5O/c16-8-5-12-10(13-6-8)15-4-3-14-2-1-11-9(14)7-15/h1-2,5-6,16H,3-4,7H2. The Bertz CT molecular complexity index is 492. The summed E-state index contributed by atoms with van der Waals surface area (Å²) in [5.41, 5.74) is 0. The van der Waals surface area contributed by atoms with Crippen LogP contribution in [0.1, 0.15) is 5.82 Å². The Morgan fingerprint density at radius 1 is 1.12 bits per heavy atom. The highest BCUT2D eigenvalue weighted by Gasteiger charge is 2.18. The van der Waals surface area contributed by atoms with Gasteiger partial charge in [0.25, 0.3) is 0 Å². The SMILES string of the molecule is Oc1cnc(N2CCn3ccnc3C2)nc1. The summed E-state index contributed by atoms with van der Waals surface area (Å²) in [5.74, 6) is 1.73. The minimum absolute atomic E-state index is 0.0854. The smallest absolute Gasteiger partial charge is 0.225 e. The number of fused-ring (bicyclic) bond motifs is 1. The van der Waals surface area contributed by atoms with Crippen molar-refractivity contribution in [1.29, 1.82) is 0 Å².